The van der Waals surface area contributed by atoms with Crippen molar-refractivity contribution in [2.75, 3.05) is 5.73 Å². The summed E-state index contributed by atoms with van der Waals surface area (Å²) in [6, 6.07) is 4.57. The van der Waals surface area contributed by atoms with Gasteiger partial charge in [0.15, 0.2) is 5.75 Å². The van der Waals surface area contributed by atoms with E-state index in [-0.39, 0.29) is 11.4 Å². The number of halogens is 1. The Balaban J connectivity index is 3.62. The van der Waals surface area contributed by atoms with Crippen LogP contribution >= 0.6 is 15.9 Å². The molecule has 3 N–H and O–H groups in total. The lowest BCUT2D eigenvalue weighted by Gasteiger charge is -1.86. The number of aromatic hydroxyl groups is 1. The fourth-order valence-electron chi connectivity index (χ4n) is 0.636. The van der Waals surface area contributed by atoms with Crippen LogP contribution in [0.1, 0.15) is 0 Å². The van der Waals surface area contributed by atoms with Gasteiger partial charge in [-0.2, -0.15) is 0 Å². The van der Waals surface area contributed by atoms with Crippen LogP contribution in [0.2, 0.25) is 0 Å². The van der Waals surface area contributed by atoms with Gasteiger partial charge in [-0.1, -0.05) is 6.07 Å². The molecule has 0 saturated carbocycles. The molecule has 0 fully saturated rings. The molecule has 0 aliphatic heterocycles. The van der Waals surface area contributed by atoms with E-state index in [0.717, 1.165) is 0 Å². The number of hydrogen-bond acceptors (Lipinski definition) is 3. The summed E-state index contributed by atoms with van der Waals surface area (Å²) in [7, 11) is 0. The molecule has 4 heteroatoms. The molecular formula is C7H6BrNO2. The predicted molar refractivity (Wildman–Crippen MR) is 46.5 cm³/mol. The molecule has 0 amide bonds. The van der Waals surface area contributed by atoms with Crippen LogP contribution in [0, 0.1) is 0 Å². The first-order valence-electron chi connectivity index (χ1n) is 2.90. The van der Waals surface area contributed by atoms with E-state index in [0.29, 0.717) is 4.47 Å². The molecular weight excluding hydrogens is 210 g/mol. The Bertz CT molecular complexity index is 338. The highest BCUT2D eigenvalue weighted by atomic mass is 79.9. The monoisotopic (exact) mass is 215 g/mol. The van der Waals surface area contributed by atoms with Crippen molar-refractivity contribution in [2.24, 2.45) is 0 Å². The summed E-state index contributed by atoms with van der Waals surface area (Å²) >= 11 is 3.00. The largest absolute Gasteiger partial charge is 0.503 e. The van der Waals surface area contributed by atoms with E-state index in [1.165, 1.54) is 6.07 Å². The Morgan fingerprint density at radius 3 is 2.73 bits per heavy atom. The van der Waals surface area contributed by atoms with Gasteiger partial charge in [0.05, 0.1) is 10.2 Å². The van der Waals surface area contributed by atoms with Crippen molar-refractivity contribution in [1.82, 2.24) is 0 Å². The summed E-state index contributed by atoms with van der Waals surface area (Å²) < 4.78 is 0.346. The lowest BCUT2D eigenvalue weighted by atomic mass is 10.4. The van der Waals surface area contributed by atoms with Gasteiger partial charge in [-0.15, -0.1) is 0 Å². The Morgan fingerprint density at radius 2 is 2.09 bits per heavy atom. The first-order chi connectivity index (χ1) is 5.13. The van der Waals surface area contributed by atoms with E-state index >= 15 is 0 Å². The molecule has 11 heavy (non-hydrogen) atoms. The molecule has 3 nitrogen and oxygen atoms in total. The van der Waals surface area contributed by atoms with Crippen LogP contribution in [0.5, 0.6) is 5.75 Å². The van der Waals surface area contributed by atoms with E-state index < -0.39 is 5.43 Å². The van der Waals surface area contributed by atoms with Gasteiger partial charge >= 0.3 is 0 Å². The van der Waals surface area contributed by atoms with Crippen molar-refractivity contribution in [3.63, 3.8) is 0 Å². The fourth-order valence-corrected chi connectivity index (χ4v) is 0.969. The molecule has 0 atom stereocenters. The van der Waals surface area contributed by atoms with Crippen LogP contribution in [0.3, 0.4) is 0 Å². The highest BCUT2D eigenvalue weighted by Crippen LogP contribution is 2.17. The maximum absolute atomic E-state index is 11.0. The molecule has 1 rings (SSSR count). The van der Waals surface area contributed by atoms with Crippen LogP contribution in [-0.4, -0.2) is 5.11 Å². The Hall–Kier alpha value is -1.03. The van der Waals surface area contributed by atoms with Crippen LogP contribution in [0.25, 0.3) is 0 Å². The SMILES string of the molecule is Nc1cccc(Br)c(O)c1=O. The minimum atomic E-state index is -0.554. The van der Waals surface area contributed by atoms with Crippen molar-refractivity contribution < 1.29 is 5.11 Å². The van der Waals surface area contributed by atoms with Gasteiger partial charge in [-0.3, -0.25) is 4.79 Å². The summed E-state index contributed by atoms with van der Waals surface area (Å²) in [5.74, 6) is -0.354. The zero-order valence-corrected chi connectivity index (χ0v) is 7.13. The quantitative estimate of drug-likeness (QED) is 0.682. The Morgan fingerprint density at radius 1 is 1.45 bits per heavy atom. The lowest BCUT2D eigenvalue weighted by molar-refractivity contribution is 0.468. The molecule has 0 aliphatic carbocycles. The van der Waals surface area contributed by atoms with Gasteiger partial charge in [0.25, 0.3) is 0 Å². The second kappa shape index (κ2) is 2.92. The van der Waals surface area contributed by atoms with Crippen molar-refractivity contribution in [2.45, 2.75) is 0 Å². The molecule has 1 aromatic carbocycles. The first kappa shape index (κ1) is 8.07. The van der Waals surface area contributed by atoms with Crippen molar-refractivity contribution in [3.8, 4) is 5.75 Å². The highest BCUT2D eigenvalue weighted by molar-refractivity contribution is 9.10. The van der Waals surface area contributed by atoms with Gasteiger partial charge in [-0.25, -0.2) is 0 Å². The topological polar surface area (TPSA) is 63.3 Å². The predicted octanol–water partition coefficient (Wildman–Crippen LogP) is 1.10. The van der Waals surface area contributed by atoms with Gasteiger partial charge in [0, 0.05) is 0 Å². The molecule has 0 bridgehead atoms. The molecule has 0 aromatic heterocycles. The summed E-state index contributed by atoms with van der Waals surface area (Å²) in [6.07, 6.45) is 0. The molecule has 58 valence electrons. The number of nitrogen functional groups attached to an aromatic ring is 1. The first-order valence-corrected chi connectivity index (χ1v) is 3.69. The van der Waals surface area contributed by atoms with Gasteiger partial charge in [0.1, 0.15) is 0 Å². The fraction of sp³-hybridized carbons (Fsp3) is 0. The summed E-state index contributed by atoms with van der Waals surface area (Å²) in [6.45, 7) is 0. The average molecular weight is 216 g/mol. The highest BCUT2D eigenvalue weighted by Gasteiger charge is 2.01. The van der Waals surface area contributed by atoms with Gasteiger partial charge < -0.3 is 10.8 Å². The van der Waals surface area contributed by atoms with Gasteiger partial charge in [-0.05, 0) is 28.1 Å². The third-order valence-corrected chi connectivity index (χ3v) is 1.86. The second-order valence-electron chi connectivity index (χ2n) is 2.01. The minimum Gasteiger partial charge on any atom is -0.503 e. The zero-order valence-electron chi connectivity index (χ0n) is 5.54. The minimum absolute atomic E-state index is 0.0354. The third-order valence-electron chi connectivity index (χ3n) is 1.22. The number of nitrogens with two attached hydrogens (primary N) is 1. The lowest BCUT2D eigenvalue weighted by Crippen LogP contribution is -2.03. The van der Waals surface area contributed by atoms with E-state index in [4.69, 9.17) is 10.8 Å². The second-order valence-corrected chi connectivity index (χ2v) is 2.86. The summed E-state index contributed by atoms with van der Waals surface area (Å²) in [4.78, 5) is 11.0. The molecule has 1 aromatic rings. The van der Waals surface area contributed by atoms with E-state index in [2.05, 4.69) is 15.9 Å². The molecule has 0 unspecified atom stereocenters. The summed E-state index contributed by atoms with van der Waals surface area (Å²) in [5.41, 5.74) is 4.76. The maximum atomic E-state index is 11.0. The standard InChI is InChI=1S/C7H6BrNO2/c8-4-2-1-3-5(9)7(11)6(4)10/h1-3H,(H3,9,10,11). The zero-order chi connectivity index (χ0) is 8.43. The Labute approximate surface area is 71.6 Å². The summed E-state index contributed by atoms with van der Waals surface area (Å²) in [5, 5.41) is 9.11. The van der Waals surface area contributed by atoms with Crippen LogP contribution in [0.4, 0.5) is 5.69 Å². The molecule has 0 heterocycles. The van der Waals surface area contributed by atoms with Crippen molar-refractivity contribution in [1.29, 1.82) is 0 Å². The molecule has 0 saturated heterocycles. The van der Waals surface area contributed by atoms with Crippen LogP contribution in [-0.2, 0) is 0 Å². The number of hydrogen-bond donors (Lipinski definition) is 2. The maximum Gasteiger partial charge on any atom is 0.244 e. The van der Waals surface area contributed by atoms with E-state index in [1.54, 1.807) is 12.1 Å². The molecule has 0 radical (unpaired) electrons. The van der Waals surface area contributed by atoms with Crippen molar-refractivity contribution >= 4 is 21.6 Å². The molecule has 0 aliphatic rings. The van der Waals surface area contributed by atoms with E-state index in [9.17, 15) is 4.79 Å². The third kappa shape index (κ3) is 1.51. The normalized spacial score (nSPS) is 9.55. The van der Waals surface area contributed by atoms with Crippen LogP contribution in [0.15, 0.2) is 27.5 Å². The Kier molecular flexibility index (Phi) is 2.14. The number of rotatable bonds is 0. The molecule has 0 spiro atoms. The number of anilines is 1. The van der Waals surface area contributed by atoms with Crippen molar-refractivity contribution in [3.05, 3.63) is 32.9 Å². The average Bonchev–Trinajstić information content (AvgIpc) is 2.07. The van der Waals surface area contributed by atoms with Gasteiger partial charge in [0.2, 0.25) is 5.43 Å². The van der Waals surface area contributed by atoms with E-state index in [1.807, 2.05) is 0 Å². The van der Waals surface area contributed by atoms with Crippen LogP contribution < -0.4 is 11.2 Å². The smallest absolute Gasteiger partial charge is 0.244 e.